The van der Waals surface area contributed by atoms with Crippen molar-refractivity contribution in [1.82, 2.24) is 14.9 Å². The van der Waals surface area contributed by atoms with E-state index in [9.17, 15) is 4.39 Å². The average Bonchev–Trinajstić information content (AvgIpc) is 2.65. The van der Waals surface area contributed by atoms with Crippen LogP contribution in [0.5, 0.6) is 0 Å². The van der Waals surface area contributed by atoms with Crippen LogP contribution in [0.25, 0.3) is 0 Å². The second-order valence-electron chi connectivity index (χ2n) is 5.87. The Morgan fingerprint density at radius 3 is 3.08 bits per heavy atom. The summed E-state index contributed by atoms with van der Waals surface area (Å²) in [6, 6.07) is 8.58. The van der Waals surface area contributed by atoms with Crippen LogP contribution in [0.3, 0.4) is 0 Å². The molecule has 0 amide bonds. The van der Waals surface area contributed by atoms with Crippen molar-refractivity contribution in [2.45, 2.75) is 12.6 Å². The van der Waals surface area contributed by atoms with Crippen LogP contribution in [-0.4, -0.2) is 54.9 Å². The Hall–Kier alpha value is -2.09. The SMILES string of the molecule is COCCNc1ccnc([C@@H]2COCCN2Cc2ccccc2F)n1. The zero-order chi connectivity index (χ0) is 17.5. The fourth-order valence-electron chi connectivity index (χ4n) is 2.82. The summed E-state index contributed by atoms with van der Waals surface area (Å²) in [5.74, 6) is 1.24. The number of hydrogen-bond acceptors (Lipinski definition) is 6. The van der Waals surface area contributed by atoms with Gasteiger partial charge in [0.05, 0.1) is 25.9 Å². The third-order valence-electron chi connectivity index (χ3n) is 4.16. The molecule has 0 radical (unpaired) electrons. The van der Waals surface area contributed by atoms with Crippen LogP contribution in [-0.2, 0) is 16.0 Å². The Labute approximate surface area is 147 Å². The zero-order valence-corrected chi connectivity index (χ0v) is 14.3. The fraction of sp³-hybridized carbons (Fsp3) is 0.444. The largest absolute Gasteiger partial charge is 0.383 e. The van der Waals surface area contributed by atoms with Crippen LogP contribution in [0.15, 0.2) is 36.5 Å². The molecule has 1 atom stereocenters. The molecule has 0 bridgehead atoms. The van der Waals surface area contributed by atoms with Gasteiger partial charge in [0.25, 0.3) is 0 Å². The molecule has 7 heteroatoms. The lowest BCUT2D eigenvalue weighted by Crippen LogP contribution is -2.40. The Balaban J connectivity index is 1.74. The summed E-state index contributed by atoms with van der Waals surface area (Å²) < 4.78 is 24.7. The van der Waals surface area contributed by atoms with E-state index < -0.39 is 0 Å². The van der Waals surface area contributed by atoms with Crippen LogP contribution in [0.4, 0.5) is 10.2 Å². The Bertz CT molecular complexity index is 686. The maximum atomic E-state index is 14.0. The standard InChI is InChI=1S/C18H23FN4O2/c1-24-10-8-20-17-6-7-21-18(22-17)16-13-25-11-9-23(16)12-14-4-2-3-5-15(14)19/h2-7,16H,8-13H2,1H3,(H,20,21,22)/t16-/m0/s1. The van der Waals surface area contributed by atoms with Gasteiger partial charge in [-0.15, -0.1) is 0 Å². The molecule has 134 valence electrons. The van der Waals surface area contributed by atoms with Crippen LogP contribution in [0.2, 0.25) is 0 Å². The first-order valence-corrected chi connectivity index (χ1v) is 8.39. The second kappa shape index (κ2) is 8.84. The van der Waals surface area contributed by atoms with Gasteiger partial charge in [-0.3, -0.25) is 4.90 Å². The van der Waals surface area contributed by atoms with Gasteiger partial charge >= 0.3 is 0 Å². The molecular weight excluding hydrogens is 323 g/mol. The van der Waals surface area contributed by atoms with E-state index in [-0.39, 0.29) is 11.9 Å². The minimum Gasteiger partial charge on any atom is -0.383 e. The monoisotopic (exact) mass is 346 g/mol. The van der Waals surface area contributed by atoms with Gasteiger partial charge in [0.1, 0.15) is 17.5 Å². The van der Waals surface area contributed by atoms with E-state index in [1.807, 2.05) is 18.2 Å². The van der Waals surface area contributed by atoms with Crippen molar-refractivity contribution in [2.75, 3.05) is 45.3 Å². The summed E-state index contributed by atoms with van der Waals surface area (Å²) in [6.45, 7) is 3.61. The minimum atomic E-state index is -0.191. The average molecular weight is 346 g/mol. The molecular formula is C18H23FN4O2. The molecule has 1 aromatic heterocycles. The number of anilines is 1. The van der Waals surface area contributed by atoms with Crippen LogP contribution in [0.1, 0.15) is 17.4 Å². The lowest BCUT2D eigenvalue weighted by molar-refractivity contribution is -0.0163. The molecule has 2 aromatic rings. The molecule has 3 rings (SSSR count). The number of morpholine rings is 1. The van der Waals surface area contributed by atoms with E-state index in [0.29, 0.717) is 50.8 Å². The summed E-state index contributed by atoms with van der Waals surface area (Å²) in [4.78, 5) is 11.2. The maximum Gasteiger partial charge on any atom is 0.150 e. The van der Waals surface area contributed by atoms with Crippen molar-refractivity contribution in [3.05, 3.63) is 53.7 Å². The molecule has 0 aliphatic carbocycles. The van der Waals surface area contributed by atoms with Gasteiger partial charge < -0.3 is 14.8 Å². The second-order valence-corrected chi connectivity index (χ2v) is 5.87. The Morgan fingerprint density at radius 1 is 1.36 bits per heavy atom. The molecule has 2 heterocycles. The van der Waals surface area contributed by atoms with Crippen LogP contribution < -0.4 is 5.32 Å². The molecule has 1 N–H and O–H groups in total. The first-order valence-electron chi connectivity index (χ1n) is 8.39. The number of hydrogen-bond donors (Lipinski definition) is 1. The first-order chi connectivity index (χ1) is 12.3. The van der Waals surface area contributed by atoms with E-state index >= 15 is 0 Å². The molecule has 1 aliphatic rings. The highest BCUT2D eigenvalue weighted by Gasteiger charge is 2.27. The highest BCUT2D eigenvalue weighted by molar-refractivity contribution is 5.33. The van der Waals surface area contributed by atoms with Crippen molar-refractivity contribution >= 4 is 5.82 Å². The van der Waals surface area contributed by atoms with Crippen LogP contribution in [0, 0.1) is 5.82 Å². The summed E-state index contributed by atoms with van der Waals surface area (Å²) in [6.07, 6.45) is 1.73. The minimum absolute atomic E-state index is 0.0995. The number of nitrogens with one attached hydrogen (secondary N) is 1. The number of ether oxygens (including phenoxy) is 2. The van der Waals surface area contributed by atoms with Crippen molar-refractivity contribution < 1.29 is 13.9 Å². The van der Waals surface area contributed by atoms with Crippen LogP contribution >= 0.6 is 0 Å². The van der Waals surface area contributed by atoms with E-state index in [4.69, 9.17) is 9.47 Å². The number of nitrogens with zero attached hydrogens (tertiary/aromatic N) is 3. The summed E-state index contributed by atoms with van der Waals surface area (Å²) in [5, 5.41) is 3.20. The number of methoxy groups -OCH3 is 1. The number of rotatable bonds is 7. The molecule has 1 aromatic carbocycles. The number of halogens is 1. The zero-order valence-electron chi connectivity index (χ0n) is 14.3. The van der Waals surface area contributed by atoms with Gasteiger partial charge in [0.2, 0.25) is 0 Å². The number of aromatic nitrogens is 2. The van der Waals surface area contributed by atoms with Crippen molar-refractivity contribution in [3.8, 4) is 0 Å². The van der Waals surface area contributed by atoms with Crippen molar-refractivity contribution in [2.24, 2.45) is 0 Å². The van der Waals surface area contributed by atoms with Gasteiger partial charge in [0, 0.05) is 38.5 Å². The van der Waals surface area contributed by atoms with Gasteiger partial charge in [-0.05, 0) is 12.1 Å². The summed E-state index contributed by atoms with van der Waals surface area (Å²) in [7, 11) is 1.66. The van der Waals surface area contributed by atoms with E-state index in [1.54, 1.807) is 19.4 Å². The third kappa shape index (κ3) is 4.72. The van der Waals surface area contributed by atoms with Gasteiger partial charge in [-0.25, -0.2) is 14.4 Å². The molecule has 0 spiro atoms. The molecule has 1 aliphatic heterocycles. The third-order valence-corrected chi connectivity index (χ3v) is 4.16. The van der Waals surface area contributed by atoms with Gasteiger partial charge in [-0.1, -0.05) is 18.2 Å². The Morgan fingerprint density at radius 2 is 2.24 bits per heavy atom. The topological polar surface area (TPSA) is 59.5 Å². The molecule has 1 saturated heterocycles. The quantitative estimate of drug-likeness (QED) is 0.776. The highest BCUT2D eigenvalue weighted by atomic mass is 19.1. The normalized spacial score (nSPS) is 18.2. The molecule has 0 saturated carbocycles. The van der Waals surface area contributed by atoms with E-state index in [0.717, 1.165) is 5.82 Å². The summed E-state index contributed by atoms with van der Waals surface area (Å²) in [5.41, 5.74) is 0.670. The van der Waals surface area contributed by atoms with Crippen molar-refractivity contribution in [3.63, 3.8) is 0 Å². The Kier molecular flexibility index (Phi) is 6.27. The maximum absolute atomic E-state index is 14.0. The summed E-state index contributed by atoms with van der Waals surface area (Å²) >= 11 is 0. The lowest BCUT2D eigenvalue weighted by atomic mass is 10.1. The van der Waals surface area contributed by atoms with Crippen molar-refractivity contribution in [1.29, 1.82) is 0 Å². The molecule has 0 unspecified atom stereocenters. The van der Waals surface area contributed by atoms with E-state index in [2.05, 4.69) is 20.2 Å². The predicted molar refractivity (Wildman–Crippen MR) is 92.8 cm³/mol. The highest BCUT2D eigenvalue weighted by Crippen LogP contribution is 2.24. The molecule has 1 fully saturated rings. The van der Waals surface area contributed by atoms with Gasteiger partial charge in [0.15, 0.2) is 0 Å². The molecule has 25 heavy (non-hydrogen) atoms. The number of benzene rings is 1. The lowest BCUT2D eigenvalue weighted by Gasteiger charge is -2.34. The molecule has 6 nitrogen and oxygen atoms in total. The van der Waals surface area contributed by atoms with Gasteiger partial charge in [-0.2, -0.15) is 0 Å². The smallest absolute Gasteiger partial charge is 0.150 e. The predicted octanol–water partition coefficient (Wildman–Crippen LogP) is 2.25. The first kappa shape index (κ1) is 17.7. The van der Waals surface area contributed by atoms with E-state index in [1.165, 1.54) is 6.07 Å². The fourth-order valence-corrected chi connectivity index (χ4v) is 2.82.